The Morgan fingerprint density at radius 1 is 1.11 bits per heavy atom. The minimum absolute atomic E-state index is 0.0536. The number of hydrogen-bond acceptors (Lipinski definition) is 5. The van der Waals surface area contributed by atoms with Crippen LogP contribution in [0.3, 0.4) is 0 Å². The van der Waals surface area contributed by atoms with Gasteiger partial charge in [0.15, 0.2) is 6.04 Å². The fraction of sp³-hybridized carbons (Fsp3) is 0.308. The van der Waals surface area contributed by atoms with E-state index < -0.39 is 29.4 Å². The number of rotatable bonds is 8. The molecule has 0 saturated heterocycles. The number of carbonyl (C=O) groups excluding carboxylic acids is 2. The molecule has 2 aromatic carbocycles. The van der Waals surface area contributed by atoms with Gasteiger partial charge in [0, 0.05) is 31.3 Å². The minimum Gasteiger partial charge on any atom is -0.479 e. The number of aryl methyl sites for hydroxylation is 1. The van der Waals surface area contributed by atoms with E-state index in [-0.39, 0.29) is 19.1 Å². The monoisotopic (exact) mass is 474 g/mol. The number of hydrogen-bond donors (Lipinski definition) is 3. The molecule has 0 spiro atoms. The van der Waals surface area contributed by atoms with Gasteiger partial charge in [0.05, 0.1) is 11.6 Å². The van der Waals surface area contributed by atoms with Crippen molar-refractivity contribution in [2.45, 2.75) is 24.8 Å². The quantitative estimate of drug-likeness (QED) is 0.461. The average Bonchev–Trinajstić information content (AvgIpc) is 3.43. The van der Waals surface area contributed by atoms with Crippen molar-refractivity contribution in [2.75, 3.05) is 13.2 Å². The lowest BCUT2D eigenvalue weighted by Gasteiger charge is -2.20. The number of nitrogens with zero attached hydrogens (tertiary/aromatic N) is 2. The number of carbonyl (C=O) groups is 3. The molecule has 2 amide bonds. The van der Waals surface area contributed by atoms with Crippen molar-refractivity contribution >= 4 is 18.0 Å². The summed E-state index contributed by atoms with van der Waals surface area (Å²) in [5.74, 6) is -1.64. The molecule has 180 valence electrons. The lowest BCUT2D eigenvalue weighted by atomic mass is 9.98. The number of carboxylic acids is 1. The zero-order valence-electron chi connectivity index (χ0n) is 19.2. The summed E-state index contributed by atoms with van der Waals surface area (Å²) in [4.78, 5) is 37.1. The summed E-state index contributed by atoms with van der Waals surface area (Å²) in [6.07, 6.45) is 3.47. The Morgan fingerprint density at radius 3 is 2.29 bits per heavy atom. The fourth-order valence-corrected chi connectivity index (χ4v) is 4.69. The Bertz CT molecular complexity index is 1250. The predicted octanol–water partition coefficient (Wildman–Crippen LogP) is 2.98. The number of alkyl carbamates (subject to hydrolysis) is 1. The summed E-state index contributed by atoms with van der Waals surface area (Å²) in [6, 6.07) is 15.0. The van der Waals surface area contributed by atoms with Crippen molar-refractivity contribution < 1.29 is 24.2 Å². The van der Waals surface area contributed by atoms with E-state index in [0.717, 1.165) is 22.3 Å². The van der Waals surface area contributed by atoms with Crippen LogP contribution in [0.5, 0.6) is 0 Å². The van der Waals surface area contributed by atoms with Crippen LogP contribution in [0.1, 0.15) is 41.5 Å². The van der Waals surface area contributed by atoms with Gasteiger partial charge < -0.3 is 20.5 Å². The third-order valence-corrected chi connectivity index (χ3v) is 6.83. The van der Waals surface area contributed by atoms with Crippen LogP contribution in [0.25, 0.3) is 11.1 Å². The maximum Gasteiger partial charge on any atom is 0.407 e. The third-order valence-electron chi connectivity index (χ3n) is 6.83. The normalized spacial score (nSPS) is 16.0. The zero-order valence-corrected chi connectivity index (χ0v) is 19.2. The molecular formula is C26H26N4O5. The summed E-state index contributed by atoms with van der Waals surface area (Å²) >= 11 is 0. The Balaban J connectivity index is 1.18. The van der Waals surface area contributed by atoms with Crippen molar-refractivity contribution in [1.29, 1.82) is 0 Å². The van der Waals surface area contributed by atoms with E-state index in [1.54, 1.807) is 13.2 Å². The van der Waals surface area contributed by atoms with Crippen LogP contribution in [0.4, 0.5) is 4.79 Å². The largest absolute Gasteiger partial charge is 0.479 e. The summed E-state index contributed by atoms with van der Waals surface area (Å²) in [7, 11) is 1.67. The highest BCUT2D eigenvalue weighted by Gasteiger charge is 2.51. The van der Waals surface area contributed by atoms with Crippen LogP contribution in [-0.4, -0.2) is 46.0 Å². The molecule has 2 aliphatic carbocycles. The van der Waals surface area contributed by atoms with Crippen molar-refractivity contribution in [2.24, 2.45) is 12.5 Å². The number of benzene rings is 2. The number of aromatic nitrogens is 2. The highest BCUT2D eigenvalue weighted by Crippen LogP contribution is 2.46. The van der Waals surface area contributed by atoms with Crippen molar-refractivity contribution in [3.8, 4) is 11.1 Å². The second kappa shape index (κ2) is 8.90. The first-order valence-electron chi connectivity index (χ1n) is 11.5. The van der Waals surface area contributed by atoms with Gasteiger partial charge in [-0.2, -0.15) is 5.10 Å². The molecule has 1 aromatic heterocycles. The summed E-state index contributed by atoms with van der Waals surface area (Å²) in [5, 5.41) is 18.8. The molecule has 5 rings (SSSR count). The maximum absolute atomic E-state index is 12.9. The highest BCUT2D eigenvalue weighted by molar-refractivity contribution is 5.90. The second-order valence-corrected chi connectivity index (χ2v) is 9.15. The van der Waals surface area contributed by atoms with E-state index in [1.165, 1.54) is 10.9 Å². The number of ether oxygens (including phenoxy) is 1. The van der Waals surface area contributed by atoms with Gasteiger partial charge in [0.1, 0.15) is 6.61 Å². The molecular weight excluding hydrogens is 448 g/mol. The molecule has 2 aliphatic rings. The third kappa shape index (κ3) is 4.37. The molecule has 1 saturated carbocycles. The molecule has 9 nitrogen and oxygen atoms in total. The van der Waals surface area contributed by atoms with E-state index in [4.69, 9.17) is 4.74 Å². The van der Waals surface area contributed by atoms with Crippen LogP contribution in [0.15, 0.2) is 60.9 Å². The summed E-state index contributed by atoms with van der Waals surface area (Å²) in [5.41, 5.74) is 4.08. The molecule has 9 heteroatoms. The zero-order chi connectivity index (χ0) is 24.6. The Morgan fingerprint density at radius 2 is 1.74 bits per heavy atom. The van der Waals surface area contributed by atoms with Gasteiger partial charge in [0.2, 0.25) is 5.91 Å². The molecule has 0 aliphatic heterocycles. The number of amides is 2. The van der Waals surface area contributed by atoms with Crippen molar-refractivity contribution in [1.82, 2.24) is 20.4 Å². The van der Waals surface area contributed by atoms with E-state index in [1.807, 2.05) is 36.4 Å². The van der Waals surface area contributed by atoms with Crippen LogP contribution < -0.4 is 10.6 Å². The van der Waals surface area contributed by atoms with E-state index >= 15 is 0 Å². The molecule has 1 heterocycles. The molecule has 35 heavy (non-hydrogen) atoms. The smallest absolute Gasteiger partial charge is 0.407 e. The fourth-order valence-electron chi connectivity index (χ4n) is 4.69. The van der Waals surface area contributed by atoms with Gasteiger partial charge in [-0.25, -0.2) is 9.59 Å². The van der Waals surface area contributed by atoms with Gasteiger partial charge in [-0.05, 0) is 35.1 Å². The van der Waals surface area contributed by atoms with E-state index in [9.17, 15) is 19.5 Å². The number of carboxylic acid groups (broad SMARTS) is 1. The molecule has 0 bridgehead atoms. The van der Waals surface area contributed by atoms with Crippen LogP contribution in [-0.2, 0) is 21.4 Å². The predicted molar refractivity (Wildman–Crippen MR) is 126 cm³/mol. The lowest BCUT2D eigenvalue weighted by Crippen LogP contribution is -2.43. The summed E-state index contributed by atoms with van der Waals surface area (Å²) in [6.45, 7) is 0.260. The average molecular weight is 475 g/mol. The van der Waals surface area contributed by atoms with Crippen LogP contribution in [0.2, 0.25) is 0 Å². The standard InChI is InChI=1S/C26H26N4O5/c1-30-13-16(12-28-30)22(23(31)32)29-24(33)26(10-11-26)15-27-25(34)35-14-21-19-8-4-2-6-17(19)18-7-3-5-9-20(18)21/h2-9,12-13,21-22H,10-11,14-15H2,1H3,(H,27,34)(H,29,33)(H,31,32). The van der Waals surface area contributed by atoms with Gasteiger partial charge in [-0.3, -0.25) is 9.48 Å². The maximum atomic E-state index is 12.9. The first kappa shape index (κ1) is 22.6. The van der Waals surface area contributed by atoms with E-state index in [2.05, 4.69) is 27.9 Å². The van der Waals surface area contributed by atoms with Crippen molar-refractivity contribution in [3.05, 3.63) is 77.6 Å². The minimum atomic E-state index is -1.21. The topological polar surface area (TPSA) is 123 Å². The van der Waals surface area contributed by atoms with Crippen LogP contribution in [0, 0.1) is 5.41 Å². The molecule has 1 fully saturated rings. The van der Waals surface area contributed by atoms with E-state index in [0.29, 0.717) is 18.4 Å². The number of fused-ring (bicyclic) bond motifs is 3. The van der Waals surface area contributed by atoms with Gasteiger partial charge in [0.25, 0.3) is 0 Å². The highest BCUT2D eigenvalue weighted by atomic mass is 16.5. The molecule has 0 radical (unpaired) electrons. The summed E-state index contributed by atoms with van der Waals surface area (Å²) < 4.78 is 7.02. The lowest BCUT2D eigenvalue weighted by molar-refractivity contribution is -0.143. The Hall–Kier alpha value is -4.14. The first-order chi connectivity index (χ1) is 16.9. The second-order valence-electron chi connectivity index (χ2n) is 9.15. The number of nitrogens with one attached hydrogen (secondary N) is 2. The molecule has 1 atom stereocenters. The van der Waals surface area contributed by atoms with Gasteiger partial charge in [-0.15, -0.1) is 0 Å². The van der Waals surface area contributed by atoms with Gasteiger partial charge >= 0.3 is 12.1 Å². The Labute approximate surface area is 202 Å². The Kier molecular flexibility index (Phi) is 5.76. The molecule has 3 aromatic rings. The molecule has 3 N–H and O–H groups in total. The van der Waals surface area contributed by atoms with Gasteiger partial charge in [-0.1, -0.05) is 48.5 Å². The molecule has 1 unspecified atom stereocenters. The van der Waals surface area contributed by atoms with Crippen LogP contribution >= 0.6 is 0 Å². The van der Waals surface area contributed by atoms with Crippen molar-refractivity contribution in [3.63, 3.8) is 0 Å². The SMILES string of the molecule is Cn1cc(C(NC(=O)C2(CNC(=O)OCC3c4ccccc4-c4ccccc43)CC2)C(=O)O)cn1. The number of aliphatic carboxylic acids is 1. The first-order valence-corrected chi connectivity index (χ1v) is 11.5.